The van der Waals surface area contributed by atoms with Crippen molar-refractivity contribution >= 4 is 5.82 Å². The maximum atomic E-state index is 12.9. The van der Waals surface area contributed by atoms with Crippen molar-refractivity contribution in [2.24, 2.45) is 5.92 Å². The summed E-state index contributed by atoms with van der Waals surface area (Å²) in [6.45, 7) is 7.80. The minimum Gasteiger partial charge on any atom is -0.507 e. The molecule has 0 saturated carbocycles. The standard InChI is InChI=1S/C20H23F3N4O/c1-3-26-10-13-6-7-27(16(13)11-26)18-5-4-15(24-25-18)19-12(2)8-14(9-17(19)28)20(21,22)23/h4-5,8-9,13,16,28H,3,6-7,10-11H2,1-2H3/t13-,16+/m0/s1. The molecule has 2 saturated heterocycles. The van der Waals surface area contributed by atoms with Crippen molar-refractivity contribution in [2.75, 3.05) is 31.1 Å². The van der Waals surface area contributed by atoms with Crippen LogP contribution in [-0.4, -0.2) is 52.4 Å². The van der Waals surface area contributed by atoms with E-state index in [4.69, 9.17) is 0 Å². The molecule has 0 spiro atoms. The third kappa shape index (κ3) is 3.30. The minimum absolute atomic E-state index is 0.282. The summed E-state index contributed by atoms with van der Waals surface area (Å²) in [7, 11) is 0. The first-order valence-electron chi connectivity index (χ1n) is 9.52. The molecule has 0 aliphatic carbocycles. The number of halogens is 3. The predicted molar refractivity (Wildman–Crippen MR) is 100 cm³/mol. The average Bonchev–Trinajstić information content (AvgIpc) is 3.21. The lowest BCUT2D eigenvalue weighted by Crippen LogP contribution is -2.35. The van der Waals surface area contributed by atoms with Crippen LogP contribution < -0.4 is 4.90 Å². The van der Waals surface area contributed by atoms with E-state index >= 15 is 0 Å². The van der Waals surface area contributed by atoms with E-state index in [0.717, 1.165) is 50.6 Å². The molecule has 150 valence electrons. The predicted octanol–water partition coefficient (Wildman–Crippen LogP) is 3.71. The monoisotopic (exact) mass is 392 g/mol. The molecule has 4 rings (SSSR count). The van der Waals surface area contributed by atoms with E-state index in [9.17, 15) is 18.3 Å². The Balaban J connectivity index is 1.59. The second kappa shape index (κ2) is 6.92. The Hall–Kier alpha value is -2.35. The Labute approximate surface area is 161 Å². The second-order valence-electron chi connectivity index (χ2n) is 7.62. The highest BCUT2D eigenvalue weighted by Gasteiger charge is 2.41. The molecule has 28 heavy (non-hydrogen) atoms. The van der Waals surface area contributed by atoms with Crippen LogP contribution in [0.3, 0.4) is 0 Å². The van der Waals surface area contributed by atoms with E-state index in [0.29, 0.717) is 23.2 Å². The molecule has 5 nitrogen and oxygen atoms in total. The van der Waals surface area contributed by atoms with Gasteiger partial charge in [-0.05, 0) is 55.6 Å². The Kier molecular flexibility index (Phi) is 4.69. The van der Waals surface area contributed by atoms with Crippen LogP contribution in [-0.2, 0) is 6.18 Å². The van der Waals surface area contributed by atoms with Crippen molar-refractivity contribution in [3.8, 4) is 17.0 Å². The van der Waals surface area contributed by atoms with Gasteiger partial charge in [0.15, 0.2) is 5.82 Å². The SMILES string of the molecule is CCN1C[C@@H]2CCN(c3ccc(-c4c(C)cc(C(F)(F)F)cc4O)nn3)[C@@H]2C1. The zero-order valence-corrected chi connectivity index (χ0v) is 15.9. The maximum absolute atomic E-state index is 12.9. The fraction of sp³-hybridized carbons (Fsp3) is 0.500. The molecule has 3 heterocycles. The lowest BCUT2D eigenvalue weighted by atomic mass is 10.0. The quantitative estimate of drug-likeness (QED) is 0.863. The van der Waals surface area contributed by atoms with Crippen LogP contribution in [0.1, 0.15) is 24.5 Å². The summed E-state index contributed by atoms with van der Waals surface area (Å²) in [6.07, 6.45) is -3.38. The smallest absolute Gasteiger partial charge is 0.416 e. The summed E-state index contributed by atoms with van der Waals surface area (Å²) < 4.78 is 38.8. The van der Waals surface area contributed by atoms with Crippen molar-refractivity contribution in [3.05, 3.63) is 35.4 Å². The fourth-order valence-electron chi connectivity index (χ4n) is 4.47. The van der Waals surface area contributed by atoms with Gasteiger partial charge in [0.1, 0.15) is 5.75 Å². The summed E-state index contributed by atoms with van der Waals surface area (Å²) >= 11 is 0. The zero-order chi connectivity index (χ0) is 20.1. The fourth-order valence-corrected chi connectivity index (χ4v) is 4.47. The van der Waals surface area contributed by atoms with Gasteiger partial charge in [0, 0.05) is 31.2 Å². The van der Waals surface area contributed by atoms with Gasteiger partial charge in [0.25, 0.3) is 0 Å². The number of hydrogen-bond donors (Lipinski definition) is 1. The summed E-state index contributed by atoms with van der Waals surface area (Å²) in [5.74, 6) is 0.978. The van der Waals surface area contributed by atoms with Crippen LogP contribution in [0.25, 0.3) is 11.3 Å². The van der Waals surface area contributed by atoms with Gasteiger partial charge >= 0.3 is 6.18 Å². The average molecular weight is 392 g/mol. The van der Waals surface area contributed by atoms with Crippen molar-refractivity contribution in [3.63, 3.8) is 0 Å². The first-order valence-corrected chi connectivity index (χ1v) is 9.52. The van der Waals surface area contributed by atoms with Crippen molar-refractivity contribution in [2.45, 2.75) is 32.5 Å². The zero-order valence-electron chi connectivity index (χ0n) is 15.9. The van der Waals surface area contributed by atoms with Gasteiger partial charge in [0.2, 0.25) is 0 Å². The van der Waals surface area contributed by atoms with Gasteiger partial charge in [-0.3, -0.25) is 0 Å². The third-order valence-electron chi connectivity index (χ3n) is 5.91. The van der Waals surface area contributed by atoms with Crippen molar-refractivity contribution in [1.82, 2.24) is 15.1 Å². The third-order valence-corrected chi connectivity index (χ3v) is 5.91. The Morgan fingerprint density at radius 1 is 1.18 bits per heavy atom. The number of likely N-dealkylation sites (N-methyl/N-ethyl adjacent to an activating group) is 1. The van der Waals surface area contributed by atoms with Crippen LogP contribution in [0, 0.1) is 12.8 Å². The molecule has 0 bridgehead atoms. The molecular formula is C20H23F3N4O. The number of likely N-dealkylation sites (tertiary alicyclic amines) is 1. The highest BCUT2D eigenvalue weighted by Crippen LogP contribution is 2.39. The molecule has 1 aromatic carbocycles. The lowest BCUT2D eigenvalue weighted by molar-refractivity contribution is -0.137. The lowest BCUT2D eigenvalue weighted by Gasteiger charge is -2.25. The van der Waals surface area contributed by atoms with E-state index in [-0.39, 0.29) is 5.56 Å². The Bertz CT molecular complexity index is 846. The van der Waals surface area contributed by atoms with Crippen LogP contribution in [0.15, 0.2) is 24.3 Å². The number of phenols is 1. The van der Waals surface area contributed by atoms with Gasteiger partial charge in [-0.1, -0.05) is 6.92 Å². The molecule has 2 fully saturated rings. The van der Waals surface area contributed by atoms with E-state index in [1.54, 1.807) is 6.07 Å². The molecule has 0 amide bonds. The number of aromatic nitrogens is 2. The molecule has 8 heteroatoms. The number of anilines is 1. The highest BCUT2D eigenvalue weighted by atomic mass is 19.4. The van der Waals surface area contributed by atoms with Gasteiger partial charge in [0.05, 0.1) is 11.3 Å². The van der Waals surface area contributed by atoms with Gasteiger partial charge in [-0.2, -0.15) is 13.2 Å². The molecule has 2 aromatic rings. The number of aryl methyl sites for hydroxylation is 1. The molecule has 1 aromatic heterocycles. The number of aromatic hydroxyl groups is 1. The minimum atomic E-state index is -4.50. The van der Waals surface area contributed by atoms with E-state index in [1.807, 2.05) is 6.07 Å². The number of nitrogens with zero attached hydrogens (tertiary/aromatic N) is 4. The number of alkyl halides is 3. The van der Waals surface area contributed by atoms with Crippen molar-refractivity contribution in [1.29, 1.82) is 0 Å². The van der Waals surface area contributed by atoms with Crippen LogP contribution >= 0.6 is 0 Å². The normalized spacial score (nSPS) is 22.7. The second-order valence-corrected chi connectivity index (χ2v) is 7.62. The van der Waals surface area contributed by atoms with Crippen LogP contribution in [0.2, 0.25) is 0 Å². The number of hydrogen-bond acceptors (Lipinski definition) is 5. The van der Waals surface area contributed by atoms with E-state index in [2.05, 4.69) is 26.9 Å². The number of benzene rings is 1. The van der Waals surface area contributed by atoms with Crippen molar-refractivity contribution < 1.29 is 18.3 Å². The first kappa shape index (κ1) is 19.0. The Morgan fingerprint density at radius 3 is 2.57 bits per heavy atom. The first-order chi connectivity index (χ1) is 13.3. The summed E-state index contributed by atoms with van der Waals surface area (Å²) in [5.41, 5.74) is 0.0832. The van der Waals surface area contributed by atoms with E-state index in [1.165, 1.54) is 6.92 Å². The molecule has 1 N–H and O–H groups in total. The van der Waals surface area contributed by atoms with Gasteiger partial charge in [-0.25, -0.2) is 0 Å². The van der Waals surface area contributed by atoms with Crippen LogP contribution in [0.4, 0.5) is 19.0 Å². The summed E-state index contributed by atoms with van der Waals surface area (Å²) in [4.78, 5) is 4.71. The summed E-state index contributed by atoms with van der Waals surface area (Å²) in [6, 6.07) is 5.75. The number of rotatable bonds is 3. The van der Waals surface area contributed by atoms with Gasteiger partial charge in [-0.15, -0.1) is 10.2 Å². The topological polar surface area (TPSA) is 52.5 Å². The highest BCUT2D eigenvalue weighted by molar-refractivity contribution is 5.71. The summed E-state index contributed by atoms with van der Waals surface area (Å²) in [5, 5.41) is 18.7. The molecule has 2 atom stereocenters. The Morgan fingerprint density at radius 2 is 1.96 bits per heavy atom. The molecule has 0 unspecified atom stereocenters. The molecule has 2 aliphatic heterocycles. The van der Waals surface area contributed by atoms with E-state index < -0.39 is 17.5 Å². The van der Waals surface area contributed by atoms with Gasteiger partial charge < -0.3 is 14.9 Å². The molecule has 0 radical (unpaired) electrons. The largest absolute Gasteiger partial charge is 0.507 e. The number of fused-ring (bicyclic) bond motifs is 1. The van der Waals surface area contributed by atoms with Crippen LogP contribution in [0.5, 0.6) is 5.75 Å². The molecular weight excluding hydrogens is 369 g/mol. The molecule has 2 aliphatic rings. The maximum Gasteiger partial charge on any atom is 0.416 e. The number of phenolic OH excluding ortho intramolecular Hbond substituents is 1.